The molecule has 1 amide bonds. The quantitative estimate of drug-likeness (QED) is 0.899. The summed E-state index contributed by atoms with van der Waals surface area (Å²) in [4.78, 5) is 16.5. The zero-order valence-electron chi connectivity index (χ0n) is 14.3. The number of nitrogens with one attached hydrogen (secondary N) is 1. The van der Waals surface area contributed by atoms with Crippen molar-refractivity contribution in [1.29, 1.82) is 0 Å². The molecule has 1 fully saturated rings. The first-order valence-electron chi connectivity index (χ1n) is 8.78. The monoisotopic (exact) mass is 340 g/mol. The van der Waals surface area contributed by atoms with Crippen LogP contribution in [0.5, 0.6) is 0 Å². The van der Waals surface area contributed by atoms with Crippen molar-refractivity contribution in [3.63, 3.8) is 0 Å². The van der Waals surface area contributed by atoms with Crippen molar-refractivity contribution in [2.24, 2.45) is 5.92 Å². The number of amides is 1. The Hall–Kier alpha value is -1.65. The third-order valence-electron chi connectivity index (χ3n) is 5.04. The van der Waals surface area contributed by atoms with Crippen LogP contribution in [0.3, 0.4) is 0 Å². The van der Waals surface area contributed by atoms with Crippen molar-refractivity contribution in [2.45, 2.75) is 39.2 Å². The largest absolute Gasteiger partial charge is 0.325 e. The zero-order valence-corrected chi connectivity index (χ0v) is 15.2. The number of hydrogen-bond donors (Lipinski definition) is 1. The molecule has 1 aromatic heterocycles. The first-order chi connectivity index (χ1) is 11.6. The summed E-state index contributed by atoms with van der Waals surface area (Å²) in [6.45, 7) is 5.61. The number of thiophene rings is 1. The SMILES string of the molecule is Cc1cc(C)cc(NC(=O)CN2CCc3sccc3[C@H]2C2CC2)c1. The van der Waals surface area contributed by atoms with E-state index in [4.69, 9.17) is 0 Å². The number of rotatable bonds is 4. The second-order valence-electron chi connectivity index (χ2n) is 7.23. The second-order valence-corrected chi connectivity index (χ2v) is 8.23. The zero-order chi connectivity index (χ0) is 16.7. The van der Waals surface area contributed by atoms with Crippen molar-refractivity contribution >= 4 is 22.9 Å². The van der Waals surface area contributed by atoms with Gasteiger partial charge in [-0.25, -0.2) is 0 Å². The summed E-state index contributed by atoms with van der Waals surface area (Å²) in [5.41, 5.74) is 4.76. The number of hydrogen-bond acceptors (Lipinski definition) is 3. The molecule has 4 heteroatoms. The van der Waals surface area contributed by atoms with E-state index in [2.05, 4.69) is 41.6 Å². The van der Waals surface area contributed by atoms with Crippen LogP contribution in [0.4, 0.5) is 5.69 Å². The van der Waals surface area contributed by atoms with Crippen LogP contribution in [0, 0.1) is 19.8 Å². The molecule has 2 aliphatic rings. The first kappa shape index (κ1) is 15.9. The number of anilines is 1. The summed E-state index contributed by atoms with van der Waals surface area (Å²) in [5, 5.41) is 5.30. The third kappa shape index (κ3) is 3.26. The van der Waals surface area contributed by atoms with Gasteiger partial charge < -0.3 is 5.32 Å². The highest BCUT2D eigenvalue weighted by atomic mass is 32.1. The van der Waals surface area contributed by atoms with Gasteiger partial charge >= 0.3 is 0 Å². The molecule has 1 aliphatic carbocycles. The van der Waals surface area contributed by atoms with Gasteiger partial charge in [-0.2, -0.15) is 0 Å². The lowest BCUT2D eigenvalue weighted by atomic mass is 9.96. The first-order valence-corrected chi connectivity index (χ1v) is 9.66. The van der Waals surface area contributed by atoms with E-state index in [-0.39, 0.29) is 5.91 Å². The molecule has 3 nitrogen and oxygen atoms in total. The van der Waals surface area contributed by atoms with E-state index in [1.807, 2.05) is 23.5 Å². The predicted molar refractivity (Wildman–Crippen MR) is 99.6 cm³/mol. The molecule has 2 heterocycles. The minimum absolute atomic E-state index is 0.101. The van der Waals surface area contributed by atoms with Crippen LogP contribution in [-0.2, 0) is 11.2 Å². The maximum absolute atomic E-state index is 12.6. The minimum atomic E-state index is 0.101. The molecular formula is C20H24N2OS. The lowest BCUT2D eigenvalue weighted by Crippen LogP contribution is -2.41. The molecule has 24 heavy (non-hydrogen) atoms. The maximum atomic E-state index is 12.6. The van der Waals surface area contributed by atoms with Crippen LogP contribution in [-0.4, -0.2) is 23.9 Å². The van der Waals surface area contributed by atoms with Crippen LogP contribution >= 0.6 is 11.3 Å². The number of carbonyl (C=O) groups is 1. The van der Waals surface area contributed by atoms with Crippen LogP contribution in [0.1, 0.15) is 40.5 Å². The number of nitrogens with zero attached hydrogens (tertiary/aromatic N) is 1. The number of benzene rings is 1. The van der Waals surface area contributed by atoms with Crippen LogP contribution in [0.15, 0.2) is 29.6 Å². The van der Waals surface area contributed by atoms with Gasteiger partial charge in [0, 0.05) is 23.2 Å². The van der Waals surface area contributed by atoms with Gasteiger partial charge in [0.2, 0.25) is 5.91 Å². The second kappa shape index (κ2) is 6.34. The highest BCUT2D eigenvalue weighted by Crippen LogP contribution is 2.48. The molecule has 0 saturated heterocycles. The van der Waals surface area contributed by atoms with Gasteiger partial charge in [0.25, 0.3) is 0 Å². The van der Waals surface area contributed by atoms with E-state index in [0.29, 0.717) is 12.6 Å². The van der Waals surface area contributed by atoms with Crippen LogP contribution < -0.4 is 5.32 Å². The molecule has 126 valence electrons. The van der Waals surface area contributed by atoms with Crippen LogP contribution in [0.25, 0.3) is 0 Å². The molecule has 1 saturated carbocycles. The Bertz CT molecular complexity index is 742. The molecule has 2 aromatic rings. The Balaban J connectivity index is 1.47. The van der Waals surface area contributed by atoms with Gasteiger partial charge in [0.1, 0.15) is 0 Å². The van der Waals surface area contributed by atoms with Gasteiger partial charge in [-0.1, -0.05) is 6.07 Å². The molecule has 4 rings (SSSR count). The maximum Gasteiger partial charge on any atom is 0.238 e. The standard InChI is InChI=1S/C20H24N2OS/c1-13-9-14(2)11-16(10-13)21-19(23)12-22-7-5-18-17(6-8-24-18)20(22)15-3-4-15/h6,8-11,15,20H,3-5,7,12H2,1-2H3,(H,21,23)/t20-/m1/s1. The van der Waals surface area contributed by atoms with Gasteiger partial charge in [-0.3, -0.25) is 9.69 Å². The fourth-order valence-electron chi connectivity index (χ4n) is 3.97. The van der Waals surface area contributed by atoms with Gasteiger partial charge in [0.05, 0.1) is 6.54 Å². The molecule has 0 spiro atoms. The smallest absolute Gasteiger partial charge is 0.238 e. The number of fused-ring (bicyclic) bond motifs is 1. The van der Waals surface area contributed by atoms with E-state index in [1.54, 1.807) is 0 Å². The molecule has 1 N–H and O–H groups in total. The third-order valence-corrected chi connectivity index (χ3v) is 6.04. The normalized spacial score (nSPS) is 20.7. The molecule has 1 aliphatic heterocycles. The van der Waals surface area contributed by atoms with Crippen molar-refractivity contribution in [2.75, 3.05) is 18.4 Å². The summed E-state index contributed by atoms with van der Waals surface area (Å²) >= 11 is 1.87. The fourth-order valence-corrected chi connectivity index (χ4v) is 4.88. The molecule has 0 unspecified atom stereocenters. The summed E-state index contributed by atoms with van der Waals surface area (Å²) in [7, 11) is 0. The Morgan fingerprint density at radius 3 is 2.71 bits per heavy atom. The summed E-state index contributed by atoms with van der Waals surface area (Å²) < 4.78 is 0. The highest BCUT2D eigenvalue weighted by molar-refractivity contribution is 7.10. The molecule has 1 atom stereocenters. The predicted octanol–water partition coefficient (Wildman–Crippen LogP) is 4.31. The van der Waals surface area contributed by atoms with E-state index >= 15 is 0 Å². The average Bonchev–Trinajstić information content (AvgIpc) is 3.22. The highest BCUT2D eigenvalue weighted by Gasteiger charge is 2.40. The molecular weight excluding hydrogens is 316 g/mol. The number of aryl methyl sites for hydroxylation is 2. The topological polar surface area (TPSA) is 32.3 Å². The Morgan fingerprint density at radius 1 is 1.25 bits per heavy atom. The van der Waals surface area contributed by atoms with E-state index in [0.717, 1.165) is 24.6 Å². The molecule has 0 radical (unpaired) electrons. The van der Waals surface area contributed by atoms with Crippen molar-refractivity contribution < 1.29 is 4.79 Å². The lowest BCUT2D eigenvalue weighted by Gasteiger charge is -2.35. The van der Waals surface area contributed by atoms with Crippen LogP contribution in [0.2, 0.25) is 0 Å². The van der Waals surface area contributed by atoms with Gasteiger partial charge in [0.15, 0.2) is 0 Å². The van der Waals surface area contributed by atoms with Crippen molar-refractivity contribution in [3.8, 4) is 0 Å². The summed E-state index contributed by atoms with van der Waals surface area (Å²) in [5.74, 6) is 0.844. The van der Waals surface area contributed by atoms with E-state index < -0.39 is 0 Å². The van der Waals surface area contributed by atoms with Gasteiger partial charge in [-0.15, -0.1) is 11.3 Å². The summed E-state index contributed by atoms with van der Waals surface area (Å²) in [6, 6.07) is 8.93. The average molecular weight is 340 g/mol. The lowest BCUT2D eigenvalue weighted by molar-refractivity contribution is -0.118. The van der Waals surface area contributed by atoms with Crippen molar-refractivity contribution in [3.05, 3.63) is 51.2 Å². The van der Waals surface area contributed by atoms with E-state index in [9.17, 15) is 4.79 Å². The fraction of sp³-hybridized carbons (Fsp3) is 0.450. The van der Waals surface area contributed by atoms with Gasteiger partial charge in [-0.05, 0) is 79.3 Å². The Morgan fingerprint density at radius 2 is 2.00 bits per heavy atom. The number of carbonyl (C=O) groups excluding carboxylic acids is 1. The molecule has 1 aromatic carbocycles. The Kier molecular flexibility index (Phi) is 4.19. The minimum Gasteiger partial charge on any atom is -0.325 e. The van der Waals surface area contributed by atoms with E-state index in [1.165, 1.54) is 34.4 Å². The summed E-state index contributed by atoms with van der Waals surface area (Å²) in [6.07, 6.45) is 3.68. The molecule has 0 bridgehead atoms. The van der Waals surface area contributed by atoms with Crippen molar-refractivity contribution in [1.82, 2.24) is 4.90 Å². The Labute approximate surface area is 147 Å².